The van der Waals surface area contributed by atoms with Crippen LogP contribution in [0.1, 0.15) is 15.9 Å². The number of hydrogen-bond donors (Lipinski definition) is 0. The lowest BCUT2D eigenvalue weighted by atomic mass is 10.1. The van der Waals surface area contributed by atoms with Crippen molar-refractivity contribution in [3.8, 4) is 5.75 Å². The molecular weight excluding hydrogens is 196 g/mol. The summed E-state index contributed by atoms with van der Waals surface area (Å²) in [5.74, 6) is 0.518. The second-order valence-corrected chi connectivity index (χ2v) is 3.66. The van der Waals surface area contributed by atoms with Crippen molar-refractivity contribution in [1.29, 1.82) is 0 Å². The summed E-state index contributed by atoms with van der Waals surface area (Å²) in [5.41, 5.74) is 1.54. The zero-order chi connectivity index (χ0) is 10.3. The number of carbonyl (C=O) groups is 1. The maximum Gasteiger partial charge on any atom is 0.338 e. The molecular formula is C11H10O4. The van der Waals surface area contributed by atoms with Crippen molar-refractivity contribution in [2.75, 3.05) is 13.2 Å². The van der Waals surface area contributed by atoms with Crippen LogP contribution >= 0.6 is 0 Å². The van der Waals surface area contributed by atoms with E-state index in [4.69, 9.17) is 14.2 Å². The quantitative estimate of drug-likeness (QED) is 0.549. The number of epoxide rings is 1. The van der Waals surface area contributed by atoms with E-state index in [1.807, 2.05) is 6.07 Å². The van der Waals surface area contributed by atoms with Gasteiger partial charge in [0.2, 0.25) is 0 Å². The van der Waals surface area contributed by atoms with Crippen molar-refractivity contribution in [3.63, 3.8) is 0 Å². The monoisotopic (exact) mass is 206 g/mol. The standard InChI is InChI=1S/C11H10O4/c12-11-10-2-1-8(3-7(10)4-15-11)13-5-9-6-14-9/h1-3,9H,4-6H2. The van der Waals surface area contributed by atoms with E-state index in [1.165, 1.54) is 0 Å². The summed E-state index contributed by atoms with van der Waals surface area (Å²) in [7, 11) is 0. The highest BCUT2D eigenvalue weighted by Gasteiger charge is 2.24. The third-order valence-electron chi connectivity index (χ3n) is 2.49. The highest BCUT2D eigenvalue weighted by molar-refractivity contribution is 5.93. The Labute approximate surface area is 86.7 Å². The maximum absolute atomic E-state index is 11.2. The van der Waals surface area contributed by atoms with Crippen molar-refractivity contribution >= 4 is 5.97 Å². The zero-order valence-corrected chi connectivity index (χ0v) is 8.06. The van der Waals surface area contributed by atoms with E-state index >= 15 is 0 Å². The third-order valence-corrected chi connectivity index (χ3v) is 2.49. The molecule has 0 aromatic heterocycles. The molecule has 15 heavy (non-hydrogen) atoms. The van der Waals surface area contributed by atoms with Crippen LogP contribution < -0.4 is 4.74 Å². The van der Waals surface area contributed by atoms with Crippen molar-refractivity contribution in [1.82, 2.24) is 0 Å². The van der Waals surface area contributed by atoms with Crippen molar-refractivity contribution in [2.24, 2.45) is 0 Å². The van der Waals surface area contributed by atoms with E-state index in [-0.39, 0.29) is 12.1 Å². The number of fused-ring (bicyclic) bond motifs is 1. The van der Waals surface area contributed by atoms with E-state index in [9.17, 15) is 4.79 Å². The molecule has 1 fully saturated rings. The number of carbonyl (C=O) groups excluding carboxylic acids is 1. The Morgan fingerprint density at radius 3 is 3.13 bits per heavy atom. The average molecular weight is 206 g/mol. The van der Waals surface area contributed by atoms with Crippen LogP contribution in [-0.2, 0) is 16.1 Å². The van der Waals surface area contributed by atoms with Crippen molar-refractivity contribution < 1.29 is 19.0 Å². The number of rotatable bonds is 3. The molecule has 2 aliphatic rings. The van der Waals surface area contributed by atoms with Crippen LogP contribution in [-0.4, -0.2) is 25.3 Å². The van der Waals surface area contributed by atoms with Crippen LogP contribution in [0.25, 0.3) is 0 Å². The Morgan fingerprint density at radius 1 is 1.47 bits per heavy atom. The molecule has 1 saturated heterocycles. The van der Waals surface area contributed by atoms with Gasteiger partial charge in [0.15, 0.2) is 0 Å². The van der Waals surface area contributed by atoms with Gasteiger partial charge in [-0.25, -0.2) is 4.79 Å². The minimum atomic E-state index is -0.248. The molecule has 0 radical (unpaired) electrons. The van der Waals surface area contributed by atoms with Gasteiger partial charge >= 0.3 is 5.97 Å². The third kappa shape index (κ3) is 1.68. The fourth-order valence-corrected chi connectivity index (χ4v) is 1.55. The molecule has 0 saturated carbocycles. The first-order chi connectivity index (χ1) is 7.33. The molecule has 0 aliphatic carbocycles. The minimum absolute atomic E-state index is 0.246. The van der Waals surface area contributed by atoms with Crippen molar-refractivity contribution in [3.05, 3.63) is 29.3 Å². The molecule has 1 atom stereocenters. The maximum atomic E-state index is 11.2. The zero-order valence-electron chi connectivity index (χ0n) is 8.06. The van der Waals surface area contributed by atoms with Gasteiger partial charge in [0.1, 0.15) is 25.1 Å². The predicted octanol–water partition coefficient (Wildman–Crippen LogP) is 1.13. The summed E-state index contributed by atoms with van der Waals surface area (Å²) >= 11 is 0. The molecule has 2 aliphatic heterocycles. The lowest BCUT2D eigenvalue weighted by Crippen LogP contribution is -2.04. The number of hydrogen-bond acceptors (Lipinski definition) is 4. The van der Waals surface area contributed by atoms with Gasteiger partial charge in [-0.05, 0) is 18.2 Å². The van der Waals surface area contributed by atoms with E-state index in [1.54, 1.807) is 12.1 Å². The van der Waals surface area contributed by atoms with Crippen LogP contribution in [0.15, 0.2) is 18.2 Å². The summed E-state index contributed by atoms with van der Waals surface area (Å²) in [4.78, 5) is 11.2. The molecule has 1 unspecified atom stereocenters. The Kier molecular flexibility index (Phi) is 1.89. The van der Waals surface area contributed by atoms with Gasteiger partial charge in [-0.1, -0.05) is 0 Å². The molecule has 0 spiro atoms. The molecule has 2 heterocycles. The lowest BCUT2D eigenvalue weighted by molar-refractivity contribution is 0.0535. The number of ether oxygens (including phenoxy) is 3. The normalized spacial score (nSPS) is 22.1. The van der Waals surface area contributed by atoms with Crippen LogP contribution in [0.4, 0.5) is 0 Å². The van der Waals surface area contributed by atoms with Gasteiger partial charge in [-0.3, -0.25) is 0 Å². The summed E-state index contributed by atoms with van der Waals surface area (Å²) in [6.45, 7) is 1.71. The van der Waals surface area contributed by atoms with Gasteiger partial charge in [-0.15, -0.1) is 0 Å². The Bertz CT molecular complexity index is 409. The first kappa shape index (κ1) is 8.73. The van der Waals surface area contributed by atoms with Gasteiger partial charge < -0.3 is 14.2 Å². The highest BCUT2D eigenvalue weighted by Crippen LogP contribution is 2.25. The summed E-state index contributed by atoms with van der Waals surface area (Å²) in [6.07, 6.45) is 0.246. The van der Waals surface area contributed by atoms with Crippen LogP contribution in [0.2, 0.25) is 0 Å². The van der Waals surface area contributed by atoms with Gasteiger partial charge in [0.25, 0.3) is 0 Å². The molecule has 3 rings (SSSR count). The highest BCUT2D eigenvalue weighted by atomic mass is 16.6. The fraction of sp³-hybridized carbons (Fsp3) is 0.364. The second kappa shape index (κ2) is 3.24. The van der Waals surface area contributed by atoms with E-state index in [0.29, 0.717) is 18.8 Å². The van der Waals surface area contributed by atoms with Gasteiger partial charge in [-0.2, -0.15) is 0 Å². The predicted molar refractivity (Wildman–Crippen MR) is 50.8 cm³/mol. The molecule has 0 amide bonds. The largest absolute Gasteiger partial charge is 0.491 e. The second-order valence-electron chi connectivity index (χ2n) is 3.66. The first-order valence-electron chi connectivity index (χ1n) is 4.87. The molecule has 0 bridgehead atoms. The number of esters is 1. The topological polar surface area (TPSA) is 48.1 Å². The van der Waals surface area contributed by atoms with Crippen LogP contribution in [0.5, 0.6) is 5.75 Å². The molecule has 0 N–H and O–H groups in total. The average Bonchev–Trinajstić information content (AvgIpc) is 3.01. The summed E-state index contributed by atoms with van der Waals surface area (Å²) in [6, 6.07) is 5.38. The van der Waals surface area contributed by atoms with Gasteiger partial charge in [0, 0.05) is 5.56 Å². The SMILES string of the molecule is O=C1OCc2cc(OCC3CO3)ccc21. The molecule has 4 nitrogen and oxygen atoms in total. The minimum Gasteiger partial charge on any atom is -0.491 e. The summed E-state index contributed by atoms with van der Waals surface area (Å²) < 4.78 is 15.4. The van der Waals surface area contributed by atoms with Gasteiger partial charge in [0.05, 0.1) is 12.2 Å². The lowest BCUT2D eigenvalue weighted by Gasteiger charge is -2.04. The fourth-order valence-electron chi connectivity index (χ4n) is 1.55. The molecule has 1 aromatic carbocycles. The molecule has 78 valence electrons. The van der Waals surface area contributed by atoms with E-state index in [0.717, 1.165) is 17.9 Å². The van der Waals surface area contributed by atoms with E-state index < -0.39 is 0 Å². The van der Waals surface area contributed by atoms with Crippen LogP contribution in [0.3, 0.4) is 0 Å². The first-order valence-corrected chi connectivity index (χ1v) is 4.87. The van der Waals surface area contributed by atoms with Crippen LogP contribution in [0, 0.1) is 0 Å². The Balaban J connectivity index is 1.76. The smallest absolute Gasteiger partial charge is 0.338 e. The van der Waals surface area contributed by atoms with Crippen molar-refractivity contribution in [2.45, 2.75) is 12.7 Å². The van der Waals surface area contributed by atoms with E-state index in [2.05, 4.69) is 0 Å². The molecule has 1 aromatic rings. The molecule has 4 heteroatoms. The Morgan fingerprint density at radius 2 is 2.33 bits per heavy atom. The summed E-state index contributed by atoms with van der Waals surface area (Å²) in [5, 5.41) is 0. The number of cyclic esters (lactones) is 1. The Hall–Kier alpha value is -1.55. The number of benzene rings is 1.